The zero-order valence-electron chi connectivity index (χ0n) is 16.8. The van der Waals surface area contributed by atoms with Crippen LogP contribution in [0.5, 0.6) is 5.75 Å². The van der Waals surface area contributed by atoms with Crippen LogP contribution in [-0.2, 0) is 14.8 Å². The van der Waals surface area contributed by atoms with Crippen molar-refractivity contribution in [1.29, 1.82) is 0 Å². The van der Waals surface area contributed by atoms with E-state index in [1.807, 2.05) is 0 Å². The number of amides is 3. The van der Waals surface area contributed by atoms with E-state index >= 15 is 0 Å². The predicted molar refractivity (Wildman–Crippen MR) is 110 cm³/mol. The minimum absolute atomic E-state index is 0.0395. The highest BCUT2D eigenvalue weighted by Gasteiger charge is 2.42. The van der Waals surface area contributed by atoms with Crippen molar-refractivity contribution in [1.82, 2.24) is 4.31 Å². The molecule has 0 unspecified atom stereocenters. The normalized spacial score (nSPS) is 14.4. The molecule has 9 nitrogen and oxygen atoms in total. The Morgan fingerprint density at radius 3 is 2.37 bits per heavy atom. The summed E-state index contributed by atoms with van der Waals surface area (Å²) in [4.78, 5) is 36.3. The summed E-state index contributed by atoms with van der Waals surface area (Å²) in [5, 5.41) is 5.25. The van der Waals surface area contributed by atoms with Gasteiger partial charge in [-0.05, 0) is 50.2 Å². The van der Waals surface area contributed by atoms with Crippen molar-refractivity contribution >= 4 is 39.1 Å². The van der Waals surface area contributed by atoms with E-state index in [-0.39, 0.29) is 21.9 Å². The van der Waals surface area contributed by atoms with Crippen molar-refractivity contribution in [2.75, 3.05) is 17.7 Å². The molecule has 3 rings (SSSR count). The Labute approximate surface area is 174 Å². The first-order valence-electron chi connectivity index (χ1n) is 9.06. The summed E-state index contributed by atoms with van der Waals surface area (Å²) in [5.74, 6) is -1.07. The van der Waals surface area contributed by atoms with Crippen LogP contribution in [0.4, 0.5) is 11.4 Å². The fraction of sp³-hybridized carbons (Fsp3) is 0.250. The lowest BCUT2D eigenvalue weighted by molar-refractivity contribution is -0.114. The second kappa shape index (κ2) is 7.79. The molecule has 1 aliphatic rings. The summed E-state index contributed by atoms with van der Waals surface area (Å²) >= 11 is 0. The van der Waals surface area contributed by atoms with E-state index in [0.717, 1.165) is 4.31 Å². The first kappa shape index (κ1) is 21.3. The Morgan fingerprint density at radius 2 is 1.77 bits per heavy atom. The van der Waals surface area contributed by atoms with Gasteiger partial charge in [-0.15, -0.1) is 0 Å². The number of nitrogens with one attached hydrogen (secondary N) is 2. The SMILES string of the molecule is COc1ccc(NC(=O)c2ccc3c(c2)S(=O)(=O)N(C(C)C)C3=O)cc1NC(C)=O. The minimum atomic E-state index is -4.01. The van der Waals surface area contributed by atoms with Gasteiger partial charge in [-0.3, -0.25) is 14.4 Å². The molecule has 3 amide bonds. The van der Waals surface area contributed by atoms with E-state index < -0.39 is 27.9 Å². The molecule has 0 aliphatic carbocycles. The Kier molecular flexibility index (Phi) is 5.53. The maximum absolute atomic E-state index is 12.7. The van der Waals surface area contributed by atoms with Crippen molar-refractivity contribution in [2.45, 2.75) is 31.7 Å². The van der Waals surface area contributed by atoms with Crippen LogP contribution in [0, 0.1) is 0 Å². The quantitative estimate of drug-likeness (QED) is 0.750. The molecule has 0 aromatic heterocycles. The molecule has 0 radical (unpaired) electrons. The third kappa shape index (κ3) is 3.73. The lowest BCUT2D eigenvalue weighted by Gasteiger charge is -2.18. The highest BCUT2D eigenvalue weighted by atomic mass is 32.2. The molecule has 0 bridgehead atoms. The van der Waals surface area contributed by atoms with Gasteiger partial charge in [0.15, 0.2) is 0 Å². The van der Waals surface area contributed by atoms with Gasteiger partial charge in [0.2, 0.25) is 5.91 Å². The van der Waals surface area contributed by atoms with E-state index in [9.17, 15) is 22.8 Å². The molecule has 2 aromatic rings. The van der Waals surface area contributed by atoms with Crippen LogP contribution in [0.15, 0.2) is 41.3 Å². The molecule has 2 N–H and O–H groups in total. The van der Waals surface area contributed by atoms with Gasteiger partial charge in [-0.1, -0.05) is 0 Å². The third-order valence-corrected chi connectivity index (χ3v) is 6.45. The van der Waals surface area contributed by atoms with Gasteiger partial charge in [0.25, 0.3) is 21.8 Å². The molecular formula is C20H21N3O6S. The van der Waals surface area contributed by atoms with E-state index in [0.29, 0.717) is 17.1 Å². The number of hydrogen-bond acceptors (Lipinski definition) is 6. The van der Waals surface area contributed by atoms with Crippen molar-refractivity contribution in [3.05, 3.63) is 47.5 Å². The third-order valence-electron chi connectivity index (χ3n) is 4.45. The monoisotopic (exact) mass is 431 g/mol. The van der Waals surface area contributed by atoms with E-state index in [1.165, 1.54) is 38.3 Å². The Morgan fingerprint density at radius 1 is 1.07 bits per heavy atom. The lowest BCUT2D eigenvalue weighted by Crippen LogP contribution is -2.36. The second-order valence-electron chi connectivity index (χ2n) is 6.96. The number of benzene rings is 2. The van der Waals surface area contributed by atoms with Crippen molar-refractivity contribution in [3.63, 3.8) is 0 Å². The van der Waals surface area contributed by atoms with Gasteiger partial charge >= 0.3 is 0 Å². The van der Waals surface area contributed by atoms with Gasteiger partial charge in [0.1, 0.15) is 10.6 Å². The van der Waals surface area contributed by atoms with Crippen LogP contribution in [0.2, 0.25) is 0 Å². The van der Waals surface area contributed by atoms with Crippen LogP contribution >= 0.6 is 0 Å². The first-order chi connectivity index (χ1) is 14.1. The van der Waals surface area contributed by atoms with Crippen molar-refractivity contribution in [3.8, 4) is 5.75 Å². The van der Waals surface area contributed by atoms with Crippen molar-refractivity contribution in [2.24, 2.45) is 0 Å². The number of anilines is 2. The fourth-order valence-electron chi connectivity index (χ4n) is 3.18. The zero-order chi connectivity index (χ0) is 22.2. The molecule has 1 heterocycles. The molecule has 0 saturated heterocycles. The number of rotatable bonds is 5. The zero-order valence-corrected chi connectivity index (χ0v) is 17.7. The summed E-state index contributed by atoms with van der Waals surface area (Å²) in [6.45, 7) is 4.55. The molecule has 158 valence electrons. The smallest absolute Gasteiger partial charge is 0.269 e. The van der Waals surface area contributed by atoms with E-state index in [1.54, 1.807) is 26.0 Å². The second-order valence-corrected chi connectivity index (χ2v) is 8.74. The average Bonchev–Trinajstić information content (AvgIpc) is 2.86. The number of carbonyl (C=O) groups is 3. The summed E-state index contributed by atoms with van der Waals surface area (Å²) < 4.78 is 31.4. The summed E-state index contributed by atoms with van der Waals surface area (Å²) in [5.41, 5.74) is 0.857. The minimum Gasteiger partial charge on any atom is -0.495 e. The number of hydrogen-bond donors (Lipinski definition) is 2. The Hall–Kier alpha value is -3.40. The molecule has 0 saturated carbocycles. The molecule has 0 fully saturated rings. The molecule has 2 aromatic carbocycles. The van der Waals surface area contributed by atoms with Gasteiger partial charge in [-0.25, -0.2) is 12.7 Å². The van der Waals surface area contributed by atoms with Crippen LogP contribution in [0.25, 0.3) is 0 Å². The first-order valence-corrected chi connectivity index (χ1v) is 10.5. The molecule has 1 aliphatic heterocycles. The van der Waals surface area contributed by atoms with Gasteiger partial charge in [-0.2, -0.15) is 0 Å². The average molecular weight is 431 g/mol. The molecule has 30 heavy (non-hydrogen) atoms. The predicted octanol–water partition coefficient (Wildman–Crippen LogP) is 2.46. The number of nitrogens with zero attached hydrogens (tertiary/aromatic N) is 1. The summed E-state index contributed by atoms with van der Waals surface area (Å²) in [6, 6.07) is 8.06. The molecule has 0 spiro atoms. The number of ether oxygens (including phenoxy) is 1. The number of methoxy groups -OCH3 is 1. The van der Waals surface area contributed by atoms with Crippen LogP contribution < -0.4 is 15.4 Å². The fourth-order valence-corrected chi connectivity index (χ4v) is 4.97. The van der Waals surface area contributed by atoms with Gasteiger partial charge in [0.05, 0.1) is 18.4 Å². The maximum Gasteiger partial charge on any atom is 0.269 e. The van der Waals surface area contributed by atoms with E-state index in [2.05, 4.69) is 10.6 Å². The summed E-state index contributed by atoms with van der Waals surface area (Å²) in [6.07, 6.45) is 0. The highest BCUT2D eigenvalue weighted by Crippen LogP contribution is 2.33. The van der Waals surface area contributed by atoms with Crippen LogP contribution in [0.3, 0.4) is 0 Å². The maximum atomic E-state index is 12.7. The lowest BCUT2D eigenvalue weighted by atomic mass is 10.1. The van der Waals surface area contributed by atoms with Gasteiger partial charge < -0.3 is 15.4 Å². The highest BCUT2D eigenvalue weighted by molar-refractivity contribution is 7.90. The van der Waals surface area contributed by atoms with Crippen molar-refractivity contribution < 1.29 is 27.5 Å². The summed E-state index contributed by atoms with van der Waals surface area (Å²) in [7, 11) is -2.56. The van der Waals surface area contributed by atoms with E-state index in [4.69, 9.17) is 4.74 Å². The molecule has 10 heteroatoms. The Balaban J connectivity index is 1.91. The van der Waals surface area contributed by atoms with Crippen LogP contribution in [0.1, 0.15) is 41.5 Å². The standard InChI is InChI=1S/C20H21N3O6S/c1-11(2)23-20(26)15-7-5-13(9-18(15)30(23,27)28)19(25)22-14-6-8-17(29-4)16(10-14)21-12(3)24/h5-11H,1-4H3,(H,21,24)(H,22,25). The van der Waals surface area contributed by atoms with Crippen LogP contribution in [-0.4, -0.2) is 43.6 Å². The topological polar surface area (TPSA) is 122 Å². The number of fused-ring (bicyclic) bond motifs is 1. The molecular weight excluding hydrogens is 410 g/mol. The largest absolute Gasteiger partial charge is 0.495 e. The van der Waals surface area contributed by atoms with Gasteiger partial charge in [0, 0.05) is 24.2 Å². The number of sulfonamides is 1. The number of carbonyl (C=O) groups excluding carboxylic acids is 3. The molecule has 0 atom stereocenters. The Bertz CT molecular complexity index is 1160.